The van der Waals surface area contributed by atoms with Crippen molar-refractivity contribution < 1.29 is 17.9 Å². The van der Waals surface area contributed by atoms with Gasteiger partial charge in [0.1, 0.15) is 5.75 Å². The second-order valence-corrected chi connectivity index (χ2v) is 4.74. The molecule has 0 amide bonds. The van der Waals surface area contributed by atoms with Crippen LogP contribution in [0.5, 0.6) is 5.75 Å². The Bertz CT molecular complexity index is 626. The van der Waals surface area contributed by atoms with E-state index in [1.54, 1.807) is 19.2 Å². The maximum absolute atomic E-state index is 12.2. The second-order valence-electron chi connectivity index (χ2n) is 4.74. The van der Waals surface area contributed by atoms with Gasteiger partial charge in [-0.15, -0.1) is 0 Å². The average molecular weight is 298 g/mol. The molecule has 114 valence electrons. The van der Waals surface area contributed by atoms with Gasteiger partial charge in [-0.3, -0.25) is 4.98 Å². The van der Waals surface area contributed by atoms with E-state index in [1.807, 2.05) is 6.07 Å². The van der Waals surface area contributed by atoms with Crippen LogP contribution in [0.2, 0.25) is 0 Å². The van der Waals surface area contributed by atoms with Crippen LogP contribution in [0, 0.1) is 0 Å². The number of nitrogens with one attached hydrogen (secondary N) is 1. The molecule has 1 heterocycles. The van der Waals surface area contributed by atoms with Gasteiger partial charge >= 0.3 is 6.18 Å². The highest BCUT2D eigenvalue weighted by Gasteiger charge is 2.28. The van der Waals surface area contributed by atoms with Crippen LogP contribution in [0.15, 0.2) is 24.3 Å². The van der Waals surface area contributed by atoms with Gasteiger partial charge in [0.25, 0.3) is 0 Å². The molecule has 0 aliphatic rings. The number of fused-ring (bicyclic) bond motifs is 1. The summed E-state index contributed by atoms with van der Waals surface area (Å²) in [5.74, 6) is 0.182. The van der Waals surface area contributed by atoms with Gasteiger partial charge in [-0.2, -0.15) is 13.2 Å². The van der Waals surface area contributed by atoms with E-state index in [0.29, 0.717) is 0 Å². The van der Waals surface area contributed by atoms with Crippen LogP contribution >= 0.6 is 0 Å². The molecular weight excluding hydrogens is 281 g/mol. The van der Waals surface area contributed by atoms with E-state index in [4.69, 9.17) is 4.74 Å². The number of anilines is 1. The molecule has 0 radical (unpaired) electrons. The molecule has 0 saturated heterocycles. The van der Waals surface area contributed by atoms with Gasteiger partial charge in [-0.05, 0) is 30.7 Å². The lowest BCUT2D eigenvalue weighted by Gasteiger charge is -2.12. The first-order valence-corrected chi connectivity index (χ1v) is 6.74. The summed E-state index contributed by atoms with van der Waals surface area (Å²) in [7, 11) is 1.77. The van der Waals surface area contributed by atoms with E-state index in [1.165, 1.54) is 6.07 Å². The number of hydrogen-bond donors (Lipinski definition) is 1. The summed E-state index contributed by atoms with van der Waals surface area (Å²) in [6.07, 6.45) is -2.50. The molecule has 2 aromatic rings. The van der Waals surface area contributed by atoms with Crippen LogP contribution in [0.25, 0.3) is 10.9 Å². The molecular formula is C15H17F3N2O. The average Bonchev–Trinajstić information content (AvgIpc) is 2.44. The first kappa shape index (κ1) is 15.4. The first-order chi connectivity index (χ1) is 9.93. The van der Waals surface area contributed by atoms with E-state index in [-0.39, 0.29) is 5.75 Å². The fourth-order valence-electron chi connectivity index (χ4n) is 2.11. The van der Waals surface area contributed by atoms with Crippen molar-refractivity contribution in [3.63, 3.8) is 0 Å². The van der Waals surface area contributed by atoms with E-state index >= 15 is 0 Å². The van der Waals surface area contributed by atoms with Crippen LogP contribution in [0.3, 0.4) is 0 Å². The highest BCUT2D eigenvalue weighted by molar-refractivity contribution is 5.92. The van der Waals surface area contributed by atoms with Crippen LogP contribution in [-0.4, -0.2) is 24.8 Å². The van der Waals surface area contributed by atoms with Gasteiger partial charge in [0.15, 0.2) is 6.61 Å². The summed E-state index contributed by atoms with van der Waals surface area (Å²) in [5.41, 5.74) is 2.53. The third kappa shape index (κ3) is 4.00. The first-order valence-electron chi connectivity index (χ1n) is 6.74. The summed E-state index contributed by atoms with van der Waals surface area (Å²) in [4.78, 5) is 4.51. The van der Waals surface area contributed by atoms with Gasteiger partial charge in [-0.1, -0.05) is 13.3 Å². The predicted octanol–water partition coefficient (Wildman–Crippen LogP) is 4.17. The molecule has 0 saturated carbocycles. The van der Waals surface area contributed by atoms with Crippen molar-refractivity contribution in [3.8, 4) is 5.75 Å². The minimum Gasteiger partial charge on any atom is -0.484 e. The number of aromatic nitrogens is 1. The molecule has 21 heavy (non-hydrogen) atoms. The van der Waals surface area contributed by atoms with Gasteiger partial charge in [-0.25, -0.2) is 0 Å². The van der Waals surface area contributed by atoms with Crippen molar-refractivity contribution in [1.29, 1.82) is 0 Å². The molecule has 0 fully saturated rings. The van der Waals surface area contributed by atoms with Crippen molar-refractivity contribution in [2.75, 3.05) is 19.0 Å². The molecule has 0 bridgehead atoms. The maximum Gasteiger partial charge on any atom is 0.422 e. The highest BCUT2D eigenvalue weighted by atomic mass is 19.4. The maximum atomic E-state index is 12.2. The molecule has 6 heteroatoms. The summed E-state index contributed by atoms with van der Waals surface area (Å²) < 4.78 is 41.3. The number of pyridine rings is 1. The number of rotatable bonds is 5. The molecule has 0 atom stereocenters. The fourth-order valence-corrected chi connectivity index (χ4v) is 2.11. The van der Waals surface area contributed by atoms with E-state index in [0.717, 1.165) is 35.1 Å². The highest BCUT2D eigenvalue weighted by Crippen LogP contribution is 2.28. The molecule has 0 spiro atoms. The van der Waals surface area contributed by atoms with Gasteiger partial charge < -0.3 is 10.1 Å². The minimum atomic E-state index is -4.34. The standard InChI is InChI=1S/C15H17F3N2O/c1-3-4-10-7-14(19-2)12-8-11(5-6-13(12)20-10)21-9-15(16,17)18/h5-8H,3-4,9H2,1-2H3,(H,19,20). The number of aryl methyl sites for hydroxylation is 1. The Labute approximate surface area is 121 Å². The van der Waals surface area contributed by atoms with Crippen LogP contribution in [0.4, 0.5) is 18.9 Å². The summed E-state index contributed by atoms with van der Waals surface area (Å²) >= 11 is 0. The van der Waals surface area contributed by atoms with E-state index < -0.39 is 12.8 Å². The van der Waals surface area contributed by atoms with Crippen LogP contribution < -0.4 is 10.1 Å². The molecule has 0 aliphatic carbocycles. The third-order valence-corrected chi connectivity index (χ3v) is 3.01. The SMILES string of the molecule is CCCc1cc(NC)c2cc(OCC(F)(F)F)ccc2n1. The molecule has 1 N–H and O–H groups in total. The zero-order valence-corrected chi connectivity index (χ0v) is 11.9. The summed E-state index contributed by atoms with van der Waals surface area (Å²) in [5, 5.41) is 3.80. The number of hydrogen-bond acceptors (Lipinski definition) is 3. The smallest absolute Gasteiger partial charge is 0.422 e. The molecule has 0 aliphatic heterocycles. The second kappa shape index (κ2) is 6.20. The van der Waals surface area contributed by atoms with Crippen molar-refractivity contribution >= 4 is 16.6 Å². The Morgan fingerprint density at radius 1 is 1.24 bits per heavy atom. The number of benzene rings is 1. The normalized spacial score (nSPS) is 11.7. The van der Waals surface area contributed by atoms with Crippen LogP contribution in [-0.2, 0) is 6.42 Å². The zero-order chi connectivity index (χ0) is 15.5. The monoisotopic (exact) mass is 298 g/mol. The fraction of sp³-hybridized carbons (Fsp3) is 0.400. The van der Waals surface area contributed by atoms with Crippen LogP contribution in [0.1, 0.15) is 19.0 Å². The molecule has 0 unspecified atom stereocenters. The quantitative estimate of drug-likeness (QED) is 0.899. The van der Waals surface area contributed by atoms with Gasteiger partial charge in [0, 0.05) is 23.8 Å². The van der Waals surface area contributed by atoms with Crippen molar-refractivity contribution in [3.05, 3.63) is 30.0 Å². The number of alkyl halides is 3. The Kier molecular flexibility index (Phi) is 4.55. The van der Waals surface area contributed by atoms with Crippen molar-refractivity contribution in [2.24, 2.45) is 0 Å². The predicted molar refractivity (Wildman–Crippen MR) is 76.8 cm³/mol. The largest absolute Gasteiger partial charge is 0.484 e. The third-order valence-electron chi connectivity index (χ3n) is 3.01. The zero-order valence-electron chi connectivity index (χ0n) is 11.9. The Hall–Kier alpha value is -1.98. The topological polar surface area (TPSA) is 34.1 Å². The Balaban J connectivity index is 2.35. The number of ether oxygens (including phenoxy) is 1. The lowest BCUT2D eigenvalue weighted by molar-refractivity contribution is -0.153. The number of nitrogens with zero attached hydrogens (tertiary/aromatic N) is 1. The molecule has 3 nitrogen and oxygen atoms in total. The Morgan fingerprint density at radius 3 is 2.62 bits per heavy atom. The molecule has 1 aromatic heterocycles. The summed E-state index contributed by atoms with van der Waals surface area (Å²) in [6.45, 7) is 0.772. The molecule has 1 aromatic carbocycles. The number of halogens is 3. The van der Waals surface area contributed by atoms with Crippen molar-refractivity contribution in [2.45, 2.75) is 25.9 Å². The van der Waals surface area contributed by atoms with Gasteiger partial charge in [0.05, 0.1) is 5.52 Å². The lowest BCUT2D eigenvalue weighted by Crippen LogP contribution is -2.19. The lowest BCUT2D eigenvalue weighted by atomic mass is 10.1. The Morgan fingerprint density at radius 2 is 2.00 bits per heavy atom. The van der Waals surface area contributed by atoms with Gasteiger partial charge in [0.2, 0.25) is 0 Å². The minimum absolute atomic E-state index is 0.182. The molecule has 2 rings (SSSR count). The van der Waals surface area contributed by atoms with Crippen molar-refractivity contribution in [1.82, 2.24) is 4.98 Å². The summed E-state index contributed by atoms with van der Waals surface area (Å²) in [6, 6.07) is 6.69. The van der Waals surface area contributed by atoms with E-state index in [9.17, 15) is 13.2 Å². The van der Waals surface area contributed by atoms with E-state index in [2.05, 4.69) is 17.2 Å².